The first kappa shape index (κ1) is 37.0. The van der Waals surface area contributed by atoms with Gasteiger partial charge in [0.15, 0.2) is 0 Å². The standard InChI is InChI=1S/C39H51N3O8/c43-20-22-48-21-19-40-36(44)24-28-13-5-2-6-18-35(38(46)49-25-29(41-37(28)45)23-27-11-3-1-4-12-27)42-39(47)50-26-34-32-16-9-7-14-30(32)31-15-8-10-17-33(31)34/h2,5,7-10,14-17,27-29,34-35,43H,1,3-4,6,11-13,18-26H2,(H,40,44)(H,41,45)(H,42,47). The lowest BCUT2D eigenvalue weighted by atomic mass is 9.84. The highest BCUT2D eigenvalue weighted by atomic mass is 16.6. The second kappa shape index (κ2) is 19.2. The summed E-state index contributed by atoms with van der Waals surface area (Å²) >= 11 is 0. The van der Waals surface area contributed by atoms with Crippen molar-refractivity contribution < 1.29 is 38.5 Å². The van der Waals surface area contributed by atoms with Gasteiger partial charge in [0.1, 0.15) is 19.3 Å². The molecule has 270 valence electrons. The van der Waals surface area contributed by atoms with Gasteiger partial charge in [0, 0.05) is 18.9 Å². The van der Waals surface area contributed by atoms with Crippen LogP contribution in [0.25, 0.3) is 11.1 Å². The Morgan fingerprint density at radius 3 is 2.36 bits per heavy atom. The van der Waals surface area contributed by atoms with Gasteiger partial charge in [-0.3, -0.25) is 9.59 Å². The van der Waals surface area contributed by atoms with Crippen molar-refractivity contribution in [1.29, 1.82) is 0 Å². The third kappa shape index (κ3) is 10.6. The third-order valence-electron chi connectivity index (χ3n) is 9.85. The number of rotatable bonds is 12. The molecule has 50 heavy (non-hydrogen) atoms. The zero-order chi connectivity index (χ0) is 35.1. The van der Waals surface area contributed by atoms with Crippen LogP contribution in [0.4, 0.5) is 4.79 Å². The molecular formula is C39H51N3O8. The molecule has 2 aromatic rings. The minimum absolute atomic E-state index is 0.00191. The topological polar surface area (TPSA) is 152 Å². The number of aliphatic hydroxyl groups excluding tert-OH is 1. The molecule has 0 bridgehead atoms. The van der Waals surface area contributed by atoms with E-state index in [0.29, 0.717) is 25.2 Å². The maximum atomic E-state index is 13.6. The van der Waals surface area contributed by atoms with Crippen molar-refractivity contribution in [3.8, 4) is 11.1 Å². The molecule has 3 amide bonds. The molecule has 0 aromatic heterocycles. The van der Waals surface area contributed by atoms with E-state index in [0.717, 1.165) is 47.9 Å². The largest absolute Gasteiger partial charge is 0.462 e. The van der Waals surface area contributed by atoms with E-state index in [-0.39, 0.29) is 70.2 Å². The highest BCUT2D eigenvalue weighted by molar-refractivity contribution is 5.86. The lowest BCUT2D eigenvalue weighted by molar-refractivity contribution is -0.148. The van der Waals surface area contributed by atoms with Crippen LogP contribution in [0.1, 0.15) is 81.3 Å². The lowest BCUT2D eigenvalue weighted by Crippen LogP contribution is -2.46. The minimum Gasteiger partial charge on any atom is -0.462 e. The monoisotopic (exact) mass is 689 g/mol. The van der Waals surface area contributed by atoms with Crippen LogP contribution in [-0.4, -0.2) is 80.6 Å². The summed E-state index contributed by atoms with van der Waals surface area (Å²) in [7, 11) is 0. The number of esters is 1. The van der Waals surface area contributed by atoms with Crippen molar-refractivity contribution in [2.24, 2.45) is 11.8 Å². The number of ether oxygens (including phenoxy) is 3. The molecule has 11 nitrogen and oxygen atoms in total. The van der Waals surface area contributed by atoms with Crippen molar-refractivity contribution in [3.05, 3.63) is 71.8 Å². The predicted molar refractivity (Wildman–Crippen MR) is 188 cm³/mol. The number of aliphatic hydroxyl groups is 1. The fraction of sp³-hybridized carbons (Fsp3) is 0.538. The maximum absolute atomic E-state index is 13.6. The van der Waals surface area contributed by atoms with Crippen LogP contribution in [0.2, 0.25) is 0 Å². The highest BCUT2D eigenvalue weighted by Crippen LogP contribution is 2.44. The van der Waals surface area contributed by atoms with Gasteiger partial charge in [0.2, 0.25) is 11.8 Å². The van der Waals surface area contributed by atoms with Crippen molar-refractivity contribution in [2.45, 2.75) is 82.2 Å². The first-order valence-electron chi connectivity index (χ1n) is 18.1. The van der Waals surface area contributed by atoms with Crippen LogP contribution in [0.3, 0.4) is 0 Å². The number of benzene rings is 2. The van der Waals surface area contributed by atoms with E-state index in [9.17, 15) is 19.2 Å². The Morgan fingerprint density at radius 1 is 0.920 bits per heavy atom. The molecule has 2 aromatic carbocycles. The summed E-state index contributed by atoms with van der Waals surface area (Å²) in [6, 6.07) is 14.8. The summed E-state index contributed by atoms with van der Waals surface area (Å²) in [4.78, 5) is 52.8. The molecule has 5 rings (SSSR count). The van der Waals surface area contributed by atoms with E-state index < -0.39 is 30.1 Å². The molecule has 1 heterocycles. The van der Waals surface area contributed by atoms with Crippen molar-refractivity contribution in [1.82, 2.24) is 16.0 Å². The Labute approximate surface area is 294 Å². The van der Waals surface area contributed by atoms with Crippen LogP contribution in [-0.2, 0) is 28.6 Å². The molecule has 0 spiro atoms. The summed E-state index contributed by atoms with van der Waals surface area (Å²) in [6.45, 7) is 0.747. The Bertz CT molecular complexity index is 1430. The van der Waals surface area contributed by atoms with Gasteiger partial charge in [-0.25, -0.2) is 9.59 Å². The Balaban J connectivity index is 1.22. The van der Waals surface area contributed by atoms with E-state index in [1.165, 1.54) is 6.42 Å². The summed E-state index contributed by atoms with van der Waals surface area (Å²) in [5, 5.41) is 17.5. The average molecular weight is 690 g/mol. The summed E-state index contributed by atoms with van der Waals surface area (Å²) < 4.78 is 16.7. The molecule has 2 aliphatic carbocycles. The molecule has 11 heteroatoms. The predicted octanol–water partition coefficient (Wildman–Crippen LogP) is 4.76. The van der Waals surface area contributed by atoms with E-state index in [4.69, 9.17) is 19.3 Å². The third-order valence-corrected chi connectivity index (χ3v) is 9.85. The van der Waals surface area contributed by atoms with Crippen LogP contribution in [0.15, 0.2) is 60.7 Å². The van der Waals surface area contributed by atoms with Crippen LogP contribution < -0.4 is 16.0 Å². The smallest absolute Gasteiger partial charge is 0.407 e. The number of amides is 3. The van der Waals surface area contributed by atoms with Gasteiger partial charge in [0.25, 0.3) is 0 Å². The first-order valence-corrected chi connectivity index (χ1v) is 18.1. The fourth-order valence-corrected chi connectivity index (χ4v) is 7.28. The van der Waals surface area contributed by atoms with Gasteiger partial charge in [0.05, 0.1) is 31.8 Å². The molecule has 1 aliphatic heterocycles. The van der Waals surface area contributed by atoms with Crippen LogP contribution >= 0.6 is 0 Å². The maximum Gasteiger partial charge on any atom is 0.407 e. The van der Waals surface area contributed by atoms with Gasteiger partial charge in [-0.1, -0.05) is 92.8 Å². The average Bonchev–Trinajstić information content (AvgIpc) is 3.45. The fourth-order valence-electron chi connectivity index (χ4n) is 7.28. The number of carbonyl (C=O) groups excluding carboxylic acids is 4. The number of nitrogens with one attached hydrogen (secondary N) is 3. The molecule has 3 unspecified atom stereocenters. The highest BCUT2D eigenvalue weighted by Gasteiger charge is 2.31. The quantitative estimate of drug-likeness (QED) is 0.141. The molecule has 1 saturated carbocycles. The Kier molecular flexibility index (Phi) is 14.3. The van der Waals surface area contributed by atoms with Crippen molar-refractivity contribution >= 4 is 23.9 Å². The molecule has 0 radical (unpaired) electrons. The minimum atomic E-state index is -0.934. The van der Waals surface area contributed by atoms with E-state index in [1.54, 1.807) is 0 Å². The molecule has 4 N–H and O–H groups in total. The van der Waals surface area contributed by atoms with Gasteiger partial charge < -0.3 is 35.3 Å². The molecule has 3 aliphatic rings. The van der Waals surface area contributed by atoms with Crippen LogP contribution in [0.5, 0.6) is 0 Å². The zero-order valence-electron chi connectivity index (χ0n) is 28.8. The molecule has 3 atom stereocenters. The number of allylic oxidation sites excluding steroid dienone is 2. The van der Waals surface area contributed by atoms with E-state index in [1.807, 2.05) is 36.4 Å². The van der Waals surface area contributed by atoms with E-state index >= 15 is 0 Å². The molecule has 0 saturated heterocycles. The normalized spacial score (nSPS) is 21.7. The summed E-state index contributed by atoms with van der Waals surface area (Å²) in [6.07, 6.45) is 10.3. The number of hydrogen-bond acceptors (Lipinski definition) is 8. The Hall–Kier alpha value is -4.22. The SMILES string of the molecule is O=C(CC1CC=CCCC(NC(=O)OCC2c3ccccc3-c3ccccc32)C(=O)OCC(CC2CCCCC2)NC1=O)NCCOCCO. The lowest BCUT2D eigenvalue weighted by Gasteiger charge is -2.28. The second-order valence-electron chi connectivity index (χ2n) is 13.5. The summed E-state index contributed by atoms with van der Waals surface area (Å²) in [5.41, 5.74) is 4.46. The van der Waals surface area contributed by atoms with Gasteiger partial charge in [-0.2, -0.15) is 0 Å². The van der Waals surface area contributed by atoms with Crippen molar-refractivity contribution in [2.75, 3.05) is 39.6 Å². The Morgan fingerprint density at radius 2 is 1.64 bits per heavy atom. The van der Waals surface area contributed by atoms with Gasteiger partial charge >= 0.3 is 12.1 Å². The number of hydrogen-bond donors (Lipinski definition) is 4. The summed E-state index contributed by atoms with van der Waals surface area (Å²) in [5.74, 6) is -1.41. The number of carbonyl (C=O) groups is 4. The second-order valence-corrected chi connectivity index (χ2v) is 13.5. The zero-order valence-corrected chi connectivity index (χ0v) is 28.8. The molecular weight excluding hydrogens is 638 g/mol. The molecule has 1 fully saturated rings. The van der Waals surface area contributed by atoms with Gasteiger partial charge in [-0.15, -0.1) is 0 Å². The van der Waals surface area contributed by atoms with Gasteiger partial charge in [-0.05, 0) is 53.9 Å². The van der Waals surface area contributed by atoms with Crippen LogP contribution in [0, 0.1) is 11.8 Å². The number of alkyl carbamates (subject to hydrolysis) is 1. The first-order chi connectivity index (χ1) is 24.4. The number of cyclic esters (lactones) is 1. The van der Waals surface area contributed by atoms with Crippen molar-refractivity contribution in [3.63, 3.8) is 0 Å². The van der Waals surface area contributed by atoms with E-state index in [2.05, 4.69) is 40.2 Å². The number of fused-ring (bicyclic) bond motifs is 3.